The number of nitrogens with zero attached hydrogens (tertiary/aromatic N) is 3. The molecule has 0 radical (unpaired) electrons. The number of benzene rings is 1. The Bertz CT molecular complexity index is 685. The van der Waals surface area contributed by atoms with E-state index in [0.717, 1.165) is 11.5 Å². The number of rotatable bonds is 7. The van der Waals surface area contributed by atoms with Gasteiger partial charge in [0.15, 0.2) is 0 Å². The first kappa shape index (κ1) is 18.9. The van der Waals surface area contributed by atoms with Crippen LogP contribution in [-0.2, 0) is 0 Å². The summed E-state index contributed by atoms with van der Waals surface area (Å²) in [6.45, 7) is 1.60. The van der Waals surface area contributed by atoms with Crippen molar-refractivity contribution >= 4 is 17.4 Å². The smallest absolute Gasteiger partial charge is 0.255 e. The summed E-state index contributed by atoms with van der Waals surface area (Å²) in [6.07, 6.45) is 1.54. The molecular weight excluding hydrogens is 318 g/mol. The number of anilines is 2. The van der Waals surface area contributed by atoms with Gasteiger partial charge in [0.25, 0.3) is 5.91 Å². The molecule has 2 N–H and O–H groups in total. The molecule has 0 atom stereocenters. The highest BCUT2D eigenvalue weighted by Gasteiger charge is 2.27. The number of pyridine rings is 1. The first-order valence-electron chi connectivity index (χ1n) is 8.12. The molecule has 0 saturated carbocycles. The Balaban J connectivity index is 2.10. The SMILES string of the molecule is CN(CC(C)(CO)CO)C(=O)c1ccc(N(C)c2ccccc2)nc1. The predicted octanol–water partition coefficient (Wildman–Crippen LogP) is 1.91. The largest absolute Gasteiger partial charge is 0.396 e. The molecule has 0 spiro atoms. The van der Waals surface area contributed by atoms with Crippen molar-refractivity contribution in [3.8, 4) is 0 Å². The van der Waals surface area contributed by atoms with Crippen LogP contribution in [0.25, 0.3) is 0 Å². The van der Waals surface area contributed by atoms with Crippen LogP contribution in [0.2, 0.25) is 0 Å². The Labute approximate surface area is 148 Å². The van der Waals surface area contributed by atoms with Crippen LogP contribution in [0.15, 0.2) is 48.7 Å². The van der Waals surface area contributed by atoms with Gasteiger partial charge in [0.2, 0.25) is 0 Å². The van der Waals surface area contributed by atoms with E-state index in [1.54, 1.807) is 32.3 Å². The van der Waals surface area contributed by atoms with E-state index in [4.69, 9.17) is 0 Å². The summed E-state index contributed by atoms with van der Waals surface area (Å²) in [7, 11) is 3.56. The molecular formula is C19H25N3O3. The van der Waals surface area contributed by atoms with E-state index in [1.165, 1.54) is 4.90 Å². The molecule has 0 aliphatic heterocycles. The quantitative estimate of drug-likeness (QED) is 0.803. The van der Waals surface area contributed by atoms with Gasteiger partial charge in [0, 0.05) is 37.9 Å². The Hall–Kier alpha value is -2.44. The minimum absolute atomic E-state index is 0.194. The van der Waals surface area contributed by atoms with Crippen molar-refractivity contribution in [2.75, 3.05) is 38.8 Å². The zero-order valence-electron chi connectivity index (χ0n) is 14.9. The standard InChI is InChI=1S/C19H25N3O3/c1-19(13-23,14-24)12-21(2)18(25)15-9-10-17(20-11-15)22(3)16-7-5-4-6-8-16/h4-11,23-24H,12-14H2,1-3H3. The number of amides is 1. The Morgan fingerprint density at radius 2 is 1.72 bits per heavy atom. The normalized spacial score (nSPS) is 11.2. The Morgan fingerprint density at radius 3 is 2.24 bits per heavy atom. The van der Waals surface area contributed by atoms with Gasteiger partial charge in [-0.15, -0.1) is 0 Å². The molecule has 2 aromatic rings. The molecule has 134 valence electrons. The van der Waals surface area contributed by atoms with Crippen molar-refractivity contribution in [2.45, 2.75) is 6.92 Å². The van der Waals surface area contributed by atoms with Gasteiger partial charge in [-0.25, -0.2) is 4.98 Å². The zero-order chi connectivity index (χ0) is 18.4. The van der Waals surface area contributed by atoms with Crippen LogP contribution in [-0.4, -0.2) is 59.9 Å². The fourth-order valence-electron chi connectivity index (χ4n) is 2.51. The molecule has 1 aromatic carbocycles. The van der Waals surface area contributed by atoms with Crippen LogP contribution < -0.4 is 4.90 Å². The van der Waals surface area contributed by atoms with Crippen molar-refractivity contribution in [3.63, 3.8) is 0 Å². The molecule has 25 heavy (non-hydrogen) atoms. The average molecular weight is 343 g/mol. The lowest BCUT2D eigenvalue weighted by molar-refractivity contribution is 0.0366. The molecule has 1 amide bonds. The van der Waals surface area contributed by atoms with Crippen molar-refractivity contribution in [1.29, 1.82) is 0 Å². The minimum atomic E-state index is -0.731. The number of carbonyl (C=O) groups is 1. The Kier molecular flexibility index (Phi) is 6.12. The maximum absolute atomic E-state index is 12.5. The van der Waals surface area contributed by atoms with Crippen LogP contribution in [0.1, 0.15) is 17.3 Å². The summed E-state index contributed by atoms with van der Waals surface area (Å²) in [6, 6.07) is 13.4. The summed E-state index contributed by atoms with van der Waals surface area (Å²) in [4.78, 5) is 20.3. The number of aliphatic hydroxyl groups is 2. The molecule has 0 aliphatic rings. The number of aromatic nitrogens is 1. The van der Waals surface area contributed by atoms with Crippen molar-refractivity contribution in [2.24, 2.45) is 5.41 Å². The number of hydrogen-bond donors (Lipinski definition) is 2. The van der Waals surface area contributed by atoms with Crippen LogP contribution in [0, 0.1) is 5.41 Å². The second-order valence-corrected chi connectivity index (χ2v) is 6.59. The lowest BCUT2D eigenvalue weighted by Gasteiger charge is -2.30. The van der Waals surface area contributed by atoms with E-state index in [0.29, 0.717) is 5.56 Å². The first-order valence-corrected chi connectivity index (χ1v) is 8.12. The number of hydrogen-bond acceptors (Lipinski definition) is 5. The molecule has 0 aliphatic carbocycles. The molecule has 6 heteroatoms. The van der Waals surface area contributed by atoms with Gasteiger partial charge in [-0.2, -0.15) is 0 Å². The summed E-state index contributed by atoms with van der Waals surface area (Å²) in [5.41, 5.74) is 0.740. The van der Waals surface area contributed by atoms with Crippen molar-refractivity contribution < 1.29 is 15.0 Å². The van der Waals surface area contributed by atoms with E-state index in [1.807, 2.05) is 42.3 Å². The minimum Gasteiger partial charge on any atom is -0.396 e. The second-order valence-electron chi connectivity index (χ2n) is 6.59. The third kappa shape index (κ3) is 4.55. The molecule has 1 aromatic heterocycles. The summed E-state index contributed by atoms with van der Waals surface area (Å²) in [5, 5.41) is 18.8. The van der Waals surface area contributed by atoms with Crippen LogP contribution in [0.4, 0.5) is 11.5 Å². The molecule has 0 saturated heterocycles. The molecule has 0 bridgehead atoms. The fraction of sp³-hybridized carbons (Fsp3) is 0.368. The van der Waals surface area contributed by atoms with Crippen LogP contribution in [0.5, 0.6) is 0 Å². The number of carbonyl (C=O) groups excluding carboxylic acids is 1. The van der Waals surface area contributed by atoms with E-state index >= 15 is 0 Å². The summed E-state index contributed by atoms with van der Waals surface area (Å²) in [5.74, 6) is 0.537. The average Bonchev–Trinajstić information content (AvgIpc) is 2.67. The highest BCUT2D eigenvalue weighted by molar-refractivity contribution is 5.94. The topological polar surface area (TPSA) is 76.9 Å². The molecule has 6 nitrogen and oxygen atoms in total. The van der Waals surface area contributed by atoms with Gasteiger partial charge >= 0.3 is 0 Å². The first-order chi connectivity index (χ1) is 11.9. The molecule has 2 rings (SSSR count). The molecule has 0 unspecified atom stereocenters. The van der Waals surface area contributed by atoms with E-state index in [9.17, 15) is 15.0 Å². The fourth-order valence-corrected chi connectivity index (χ4v) is 2.51. The predicted molar refractivity (Wildman–Crippen MR) is 98.0 cm³/mol. The monoisotopic (exact) mass is 343 g/mol. The van der Waals surface area contributed by atoms with E-state index in [2.05, 4.69) is 4.98 Å². The summed E-state index contributed by atoms with van der Waals surface area (Å²) < 4.78 is 0. The van der Waals surface area contributed by atoms with E-state index in [-0.39, 0.29) is 25.7 Å². The maximum atomic E-state index is 12.5. The lowest BCUT2D eigenvalue weighted by atomic mass is 9.92. The van der Waals surface area contributed by atoms with Gasteiger partial charge in [0.05, 0.1) is 18.8 Å². The number of para-hydroxylation sites is 1. The summed E-state index contributed by atoms with van der Waals surface area (Å²) >= 11 is 0. The van der Waals surface area contributed by atoms with Crippen molar-refractivity contribution in [3.05, 3.63) is 54.2 Å². The Morgan fingerprint density at radius 1 is 1.08 bits per heavy atom. The van der Waals surface area contributed by atoms with E-state index < -0.39 is 5.41 Å². The highest BCUT2D eigenvalue weighted by Crippen LogP contribution is 2.22. The highest BCUT2D eigenvalue weighted by atomic mass is 16.3. The van der Waals surface area contributed by atoms with Crippen LogP contribution >= 0.6 is 0 Å². The van der Waals surface area contributed by atoms with Gasteiger partial charge in [0.1, 0.15) is 5.82 Å². The number of aliphatic hydroxyl groups excluding tert-OH is 2. The molecule has 0 fully saturated rings. The molecule has 1 heterocycles. The van der Waals surface area contributed by atoms with Gasteiger partial charge < -0.3 is 20.0 Å². The van der Waals surface area contributed by atoms with Crippen molar-refractivity contribution in [1.82, 2.24) is 9.88 Å². The maximum Gasteiger partial charge on any atom is 0.255 e. The zero-order valence-corrected chi connectivity index (χ0v) is 14.9. The van der Waals surface area contributed by atoms with Gasteiger partial charge in [-0.3, -0.25) is 4.79 Å². The third-order valence-corrected chi connectivity index (χ3v) is 4.21. The lowest BCUT2D eigenvalue weighted by Crippen LogP contribution is -2.41. The van der Waals surface area contributed by atoms with Crippen LogP contribution in [0.3, 0.4) is 0 Å². The van der Waals surface area contributed by atoms with Gasteiger partial charge in [-0.05, 0) is 24.3 Å². The van der Waals surface area contributed by atoms with Gasteiger partial charge in [-0.1, -0.05) is 25.1 Å². The third-order valence-electron chi connectivity index (χ3n) is 4.21. The second kappa shape index (κ2) is 8.09.